The van der Waals surface area contributed by atoms with E-state index in [1.165, 1.54) is 15.9 Å². The van der Waals surface area contributed by atoms with Crippen molar-refractivity contribution in [1.82, 2.24) is 29.6 Å². The molecule has 1 aromatic carbocycles. The number of anilines is 1. The van der Waals surface area contributed by atoms with E-state index < -0.39 is 29.9 Å². The SMILES string of the molecule is NC(=O)c1nn(CC(=O)N2CC(F)CC2C(=O)Nc2cccc(Br)n2)c2ccc(-c3cncnc3)cc12. The Morgan fingerprint density at radius 3 is 2.65 bits per heavy atom. The third-order valence-electron chi connectivity index (χ3n) is 6.00. The first-order chi connectivity index (χ1) is 17.8. The Morgan fingerprint density at radius 2 is 1.92 bits per heavy atom. The molecule has 0 spiro atoms. The highest BCUT2D eigenvalue weighted by Crippen LogP contribution is 2.27. The number of aromatic nitrogens is 5. The average molecular weight is 567 g/mol. The van der Waals surface area contributed by atoms with Crippen LogP contribution in [0.1, 0.15) is 16.9 Å². The van der Waals surface area contributed by atoms with E-state index in [1.807, 2.05) is 0 Å². The van der Waals surface area contributed by atoms with Crippen LogP contribution in [0.15, 0.2) is 59.7 Å². The molecular weight excluding hydrogens is 547 g/mol. The van der Waals surface area contributed by atoms with Gasteiger partial charge in [-0.1, -0.05) is 12.1 Å². The van der Waals surface area contributed by atoms with E-state index in [-0.39, 0.29) is 31.0 Å². The molecule has 1 aliphatic rings. The monoisotopic (exact) mass is 566 g/mol. The van der Waals surface area contributed by atoms with Crippen molar-refractivity contribution < 1.29 is 18.8 Å². The fraction of sp³-hybridized carbons (Fsp3) is 0.208. The summed E-state index contributed by atoms with van der Waals surface area (Å²) in [5.41, 5.74) is 7.48. The van der Waals surface area contributed by atoms with Crippen molar-refractivity contribution in [3.05, 3.63) is 65.4 Å². The van der Waals surface area contributed by atoms with Gasteiger partial charge in [-0.3, -0.25) is 19.1 Å². The zero-order valence-electron chi connectivity index (χ0n) is 19.2. The second-order valence-electron chi connectivity index (χ2n) is 8.46. The lowest BCUT2D eigenvalue weighted by atomic mass is 10.1. The van der Waals surface area contributed by atoms with Gasteiger partial charge in [0, 0.05) is 29.8 Å². The van der Waals surface area contributed by atoms with Gasteiger partial charge in [-0.25, -0.2) is 19.3 Å². The van der Waals surface area contributed by atoms with Crippen LogP contribution in [0.2, 0.25) is 0 Å². The fourth-order valence-electron chi connectivity index (χ4n) is 4.32. The Kier molecular flexibility index (Phi) is 6.61. The number of hydrogen-bond donors (Lipinski definition) is 2. The molecule has 13 heteroatoms. The highest BCUT2D eigenvalue weighted by molar-refractivity contribution is 9.10. The number of nitrogens with one attached hydrogen (secondary N) is 1. The van der Waals surface area contributed by atoms with E-state index in [0.29, 0.717) is 15.5 Å². The molecule has 3 aromatic heterocycles. The zero-order chi connectivity index (χ0) is 26.1. The van der Waals surface area contributed by atoms with E-state index in [1.54, 1.807) is 48.8 Å². The number of nitrogens with zero attached hydrogens (tertiary/aromatic N) is 6. The maximum atomic E-state index is 14.4. The quantitative estimate of drug-likeness (QED) is 0.340. The maximum Gasteiger partial charge on any atom is 0.269 e. The summed E-state index contributed by atoms with van der Waals surface area (Å²) in [6.07, 6.45) is 3.16. The summed E-state index contributed by atoms with van der Waals surface area (Å²) in [6, 6.07) is 9.16. The Hall–Kier alpha value is -4.26. The smallest absolute Gasteiger partial charge is 0.269 e. The van der Waals surface area contributed by atoms with Crippen molar-refractivity contribution in [3.63, 3.8) is 0 Å². The number of benzene rings is 1. The number of hydrogen-bond acceptors (Lipinski definition) is 7. The van der Waals surface area contributed by atoms with E-state index in [0.717, 1.165) is 11.1 Å². The molecule has 4 heterocycles. The minimum absolute atomic E-state index is 0.0127. The normalized spacial score (nSPS) is 17.2. The highest BCUT2D eigenvalue weighted by atomic mass is 79.9. The van der Waals surface area contributed by atoms with Gasteiger partial charge in [0.1, 0.15) is 35.5 Å². The van der Waals surface area contributed by atoms with Crippen LogP contribution in [0.3, 0.4) is 0 Å². The minimum atomic E-state index is -1.36. The van der Waals surface area contributed by atoms with E-state index in [2.05, 4.69) is 41.3 Å². The molecule has 0 saturated carbocycles. The van der Waals surface area contributed by atoms with E-state index in [4.69, 9.17) is 5.73 Å². The van der Waals surface area contributed by atoms with Crippen LogP contribution < -0.4 is 11.1 Å². The molecule has 11 nitrogen and oxygen atoms in total. The Labute approximate surface area is 218 Å². The molecule has 2 unspecified atom stereocenters. The van der Waals surface area contributed by atoms with Gasteiger partial charge in [-0.2, -0.15) is 5.10 Å². The molecule has 37 heavy (non-hydrogen) atoms. The summed E-state index contributed by atoms with van der Waals surface area (Å²) >= 11 is 3.23. The lowest BCUT2D eigenvalue weighted by Gasteiger charge is -2.23. The lowest BCUT2D eigenvalue weighted by Crippen LogP contribution is -2.44. The van der Waals surface area contributed by atoms with Gasteiger partial charge in [0.05, 0.1) is 12.1 Å². The zero-order valence-corrected chi connectivity index (χ0v) is 20.8. The van der Waals surface area contributed by atoms with E-state index >= 15 is 0 Å². The van der Waals surface area contributed by atoms with Crippen LogP contribution in [0.5, 0.6) is 0 Å². The van der Waals surface area contributed by atoms with Crippen molar-refractivity contribution in [3.8, 4) is 11.1 Å². The molecule has 4 aromatic rings. The van der Waals surface area contributed by atoms with Gasteiger partial charge < -0.3 is 16.0 Å². The van der Waals surface area contributed by atoms with Crippen LogP contribution in [0.25, 0.3) is 22.0 Å². The Balaban J connectivity index is 1.41. The predicted molar refractivity (Wildman–Crippen MR) is 135 cm³/mol. The second kappa shape index (κ2) is 10.0. The number of alkyl halides is 1. The summed E-state index contributed by atoms with van der Waals surface area (Å²) in [5.74, 6) is -1.56. The summed E-state index contributed by atoms with van der Waals surface area (Å²) in [7, 11) is 0. The van der Waals surface area contributed by atoms with Crippen LogP contribution in [-0.4, -0.2) is 66.1 Å². The highest BCUT2D eigenvalue weighted by Gasteiger charge is 2.40. The molecule has 1 fully saturated rings. The molecule has 0 bridgehead atoms. The van der Waals surface area contributed by atoms with Gasteiger partial charge in [0.2, 0.25) is 11.8 Å². The number of primary amides is 1. The summed E-state index contributed by atoms with van der Waals surface area (Å²) in [5, 5.41) is 7.33. The molecule has 0 aliphatic carbocycles. The fourth-order valence-corrected chi connectivity index (χ4v) is 4.67. The number of nitrogens with two attached hydrogens (primary N) is 1. The van der Waals surface area contributed by atoms with Gasteiger partial charge in [-0.05, 0) is 45.8 Å². The predicted octanol–water partition coefficient (Wildman–Crippen LogP) is 2.33. The number of fused-ring (bicyclic) bond motifs is 1. The number of rotatable bonds is 6. The number of halogens is 2. The minimum Gasteiger partial charge on any atom is -0.364 e. The van der Waals surface area contributed by atoms with Gasteiger partial charge in [0.15, 0.2) is 5.69 Å². The van der Waals surface area contributed by atoms with Gasteiger partial charge >= 0.3 is 0 Å². The van der Waals surface area contributed by atoms with Crippen LogP contribution in [0.4, 0.5) is 10.2 Å². The Morgan fingerprint density at radius 1 is 1.14 bits per heavy atom. The van der Waals surface area contributed by atoms with Crippen LogP contribution >= 0.6 is 15.9 Å². The van der Waals surface area contributed by atoms with Crippen molar-refractivity contribution in [2.45, 2.75) is 25.2 Å². The summed E-state index contributed by atoms with van der Waals surface area (Å²) in [4.78, 5) is 51.6. The largest absolute Gasteiger partial charge is 0.364 e. The van der Waals surface area contributed by atoms with Crippen molar-refractivity contribution in [2.75, 3.05) is 11.9 Å². The number of amides is 3. The molecule has 1 aliphatic heterocycles. The number of carbonyl (C=O) groups is 3. The first-order valence-corrected chi connectivity index (χ1v) is 12.0. The molecule has 3 amide bonds. The topological polar surface area (TPSA) is 149 Å². The maximum absolute atomic E-state index is 14.4. The molecule has 1 saturated heterocycles. The first-order valence-electron chi connectivity index (χ1n) is 11.2. The molecule has 5 rings (SSSR count). The molecule has 2 atom stereocenters. The van der Waals surface area contributed by atoms with Gasteiger partial charge in [0.25, 0.3) is 5.91 Å². The van der Waals surface area contributed by atoms with Gasteiger partial charge in [-0.15, -0.1) is 0 Å². The second-order valence-corrected chi connectivity index (χ2v) is 9.27. The molecule has 188 valence electrons. The molecular formula is C24H20BrFN8O3. The Bertz CT molecular complexity index is 1510. The third-order valence-corrected chi connectivity index (χ3v) is 6.44. The van der Waals surface area contributed by atoms with Crippen molar-refractivity contribution >= 4 is 50.4 Å². The number of likely N-dealkylation sites (tertiary alicyclic amines) is 1. The first kappa shape index (κ1) is 24.4. The number of pyridine rings is 1. The average Bonchev–Trinajstić information content (AvgIpc) is 3.45. The van der Waals surface area contributed by atoms with Crippen molar-refractivity contribution in [1.29, 1.82) is 0 Å². The molecule has 3 N–H and O–H groups in total. The van der Waals surface area contributed by atoms with E-state index in [9.17, 15) is 18.8 Å². The lowest BCUT2D eigenvalue weighted by molar-refractivity contribution is -0.137. The third kappa shape index (κ3) is 5.03. The summed E-state index contributed by atoms with van der Waals surface area (Å²) in [6.45, 7) is -0.550. The molecule has 0 radical (unpaired) electrons. The van der Waals surface area contributed by atoms with Crippen molar-refractivity contribution in [2.24, 2.45) is 5.73 Å². The van der Waals surface area contributed by atoms with Crippen LogP contribution in [-0.2, 0) is 16.1 Å². The summed E-state index contributed by atoms with van der Waals surface area (Å²) < 4.78 is 16.2. The van der Waals surface area contributed by atoms with Crippen LogP contribution in [0, 0.1) is 0 Å². The standard InChI is InChI=1S/C24H20BrFN8O3/c25-19-2-1-3-20(30-19)31-24(37)18-7-15(26)10-33(18)21(35)11-34-17-5-4-13(14-8-28-12-29-9-14)6-16(17)22(32-34)23(27)36/h1-6,8-9,12,15,18H,7,10-11H2,(H2,27,36)(H,30,31,37). The number of carbonyl (C=O) groups excluding carboxylic acids is 3.